The van der Waals surface area contributed by atoms with Gasteiger partial charge in [0.25, 0.3) is 0 Å². The zero-order valence-electron chi connectivity index (χ0n) is 7.83. The molecule has 3 rings (SSSR count). The maximum absolute atomic E-state index is 9.15. The zero-order chi connectivity index (χ0) is 9.22. The van der Waals surface area contributed by atoms with Crippen LogP contribution in [0.25, 0.3) is 0 Å². The minimum Gasteiger partial charge on any atom is -0.198 e. The molecule has 0 N–H and O–H groups in total. The van der Waals surface area contributed by atoms with Gasteiger partial charge in [-0.1, -0.05) is 22.6 Å². The average Bonchev–Trinajstić information content (AvgIpc) is 2.08. The molecule has 0 aromatic rings. The van der Waals surface area contributed by atoms with E-state index in [0.29, 0.717) is 0 Å². The van der Waals surface area contributed by atoms with Gasteiger partial charge in [-0.05, 0) is 49.9 Å². The highest BCUT2D eigenvalue weighted by molar-refractivity contribution is 14.1. The number of hydrogen-bond acceptors (Lipinski definition) is 1. The van der Waals surface area contributed by atoms with Crippen LogP contribution in [-0.2, 0) is 0 Å². The molecule has 0 heterocycles. The molecular weight excluding hydrogens is 273 g/mol. The van der Waals surface area contributed by atoms with E-state index in [2.05, 4.69) is 35.6 Å². The Hall–Kier alpha value is 0.220. The lowest BCUT2D eigenvalue weighted by Crippen LogP contribution is -2.63. The molecule has 2 heteroatoms. The van der Waals surface area contributed by atoms with Crippen LogP contribution in [0.1, 0.15) is 26.2 Å². The molecule has 3 saturated carbocycles. The molecule has 1 nitrogen and oxygen atoms in total. The second-order valence-corrected chi connectivity index (χ2v) is 6.86. The first-order valence-corrected chi connectivity index (χ1v) is 6.44. The first-order valence-electron chi connectivity index (χ1n) is 5.20. The maximum atomic E-state index is 9.15. The van der Waals surface area contributed by atoms with Crippen molar-refractivity contribution in [2.45, 2.75) is 30.1 Å². The Morgan fingerprint density at radius 1 is 1.38 bits per heavy atom. The summed E-state index contributed by atoms with van der Waals surface area (Å²) in [5.41, 5.74) is 0.0145. The summed E-state index contributed by atoms with van der Waals surface area (Å²) in [5.74, 6) is 3.88. The third-order valence-corrected chi connectivity index (χ3v) is 6.44. The molecule has 13 heavy (non-hydrogen) atoms. The van der Waals surface area contributed by atoms with E-state index in [1.165, 1.54) is 19.3 Å². The molecule has 6 unspecified atom stereocenters. The third kappa shape index (κ3) is 0.921. The van der Waals surface area contributed by atoms with E-state index in [0.717, 1.165) is 27.6 Å². The quantitative estimate of drug-likeness (QED) is 0.496. The van der Waals surface area contributed by atoms with Crippen LogP contribution in [0.4, 0.5) is 0 Å². The van der Waals surface area contributed by atoms with Crippen molar-refractivity contribution in [3.8, 4) is 6.07 Å². The molecule has 0 saturated heterocycles. The smallest absolute Gasteiger partial charge is 0.0687 e. The molecule has 0 aromatic heterocycles. The van der Waals surface area contributed by atoms with Gasteiger partial charge in [-0.15, -0.1) is 0 Å². The van der Waals surface area contributed by atoms with E-state index in [1.54, 1.807) is 0 Å². The molecule has 3 fully saturated rings. The van der Waals surface area contributed by atoms with Crippen LogP contribution >= 0.6 is 22.6 Å². The summed E-state index contributed by atoms with van der Waals surface area (Å²) in [6, 6.07) is 2.54. The topological polar surface area (TPSA) is 23.8 Å². The lowest BCUT2D eigenvalue weighted by atomic mass is 9.40. The lowest BCUT2D eigenvalue weighted by molar-refractivity contribution is -0.134. The maximum Gasteiger partial charge on any atom is 0.0687 e. The van der Waals surface area contributed by atoms with Crippen LogP contribution in [0, 0.1) is 40.4 Å². The molecular formula is C11H14IN. The molecule has 3 aliphatic rings. The first-order chi connectivity index (χ1) is 6.14. The van der Waals surface area contributed by atoms with Crippen molar-refractivity contribution in [1.82, 2.24) is 0 Å². The Morgan fingerprint density at radius 2 is 2.15 bits per heavy atom. The standard InChI is InChI=1S/C11H14IN/c1-11(5-13)3-6-2-7-9(6)8(4-11)10(7)12/h6-10H,2-4H2,1H3. The highest BCUT2D eigenvalue weighted by atomic mass is 127. The fourth-order valence-corrected chi connectivity index (χ4v) is 5.46. The van der Waals surface area contributed by atoms with Gasteiger partial charge in [0, 0.05) is 3.92 Å². The summed E-state index contributed by atoms with van der Waals surface area (Å²) in [7, 11) is 0. The normalized spacial score (nSPS) is 62.7. The first kappa shape index (κ1) is 8.52. The summed E-state index contributed by atoms with van der Waals surface area (Å²) in [6.45, 7) is 2.16. The van der Waals surface area contributed by atoms with Crippen molar-refractivity contribution in [2.75, 3.05) is 0 Å². The van der Waals surface area contributed by atoms with Crippen LogP contribution in [0.2, 0.25) is 0 Å². The number of hydrogen-bond donors (Lipinski definition) is 0. The second kappa shape index (κ2) is 2.42. The monoisotopic (exact) mass is 287 g/mol. The van der Waals surface area contributed by atoms with Crippen molar-refractivity contribution < 1.29 is 0 Å². The molecule has 0 aliphatic heterocycles. The van der Waals surface area contributed by atoms with E-state index in [4.69, 9.17) is 5.26 Å². The van der Waals surface area contributed by atoms with Crippen LogP contribution in [-0.4, -0.2) is 3.92 Å². The largest absolute Gasteiger partial charge is 0.198 e. The summed E-state index contributed by atoms with van der Waals surface area (Å²) in [6.07, 6.45) is 3.78. The van der Waals surface area contributed by atoms with Gasteiger partial charge in [0.15, 0.2) is 0 Å². The Kier molecular flexibility index (Phi) is 1.59. The summed E-state index contributed by atoms with van der Waals surface area (Å²) in [4.78, 5) is 0. The number of nitriles is 1. The number of alkyl halides is 1. The minimum atomic E-state index is 0.0145. The Balaban J connectivity index is 1.85. The van der Waals surface area contributed by atoms with Gasteiger partial charge in [-0.2, -0.15) is 5.26 Å². The van der Waals surface area contributed by atoms with Gasteiger partial charge in [0.2, 0.25) is 0 Å². The molecule has 0 radical (unpaired) electrons. The summed E-state index contributed by atoms with van der Waals surface area (Å²) >= 11 is 2.62. The predicted octanol–water partition coefficient (Wildman–Crippen LogP) is 3.00. The van der Waals surface area contributed by atoms with Gasteiger partial charge in [0.1, 0.15) is 0 Å². The predicted molar refractivity (Wildman–Crippen MR) is 59.3 cm³/mol. The van der Waals surface area contributed by atoms with Gasteiger partial charge < -0.3 is 0 Å². The van der Waals surface area contributed by atoms with Crippen LogP contribution < -0.4 is 0 Å². The fourth-order valence-electron chi connectivity index (χ4n) is 3.95. The molecule has 0 aromatic carbocycles. The highest BCUT2D eigenvalue weighted by Crippen LogP contribution is 2.68. The summed E-state index contributed by atoms with van der Waals surface area (Å²) < 4.78 is 0.895. The van der Waals surface area contributed by atoms with Gasteiger partial charge in [0.05, 0.1) is 11.5 Å². The van der Waals surface area contributed by atoms with Crippen molar-refractivity contribution >= 4 is 22.6 Å². The van der Waals surface area contributed by atoms with Gasteiger partial charge >= 0.3 is 0 Å². The van der Waals surface area contributed by atoms with E-state index < -0.39 is 0 Å². The number of halogens is 1. The Morgan fingerprint density at radius 3 is 2.85 bits per heavy atom. The van der Waals surface area contributed by atoms with Crippen molar-refractivity contribution in [3.63, 3.8) is 0 Å². The molecule has 0 bridgehead atoms. The van der Waals surface area contributed by atoms with E-state index >= 15 is 0 Å². The van der Waals surface area contributed by atoms with Gasteiger partial charge in [-0.3, -0.25) is 0 Å². The highest BCUT2D eigenvalue weighted by Gasteiger charge is 2.64. The number of nitrogens with zero attached hydrogens (tertiary/aromatic N) is 1. The van der Waals surface area contributed by atoms with Crippen LogP contribution in [0.3, 0.4) is 0 Å². The molecule has 0 amide bonds. The Labute approximate surface area is 93.0 Å². The van der Waals surface area contributed by atoms with Crippen molar-refractivity contribution in [2.24, 2.45) is 29.1 Å². The zero-order valence-corrected chi connectivity index (χ0v) is 9.99. The van der Waals surface area contributed by atoms with E-state index in [9.17, 15) is 0 Å². The Bertz CT molecular complexity index is 295. The fraction of sp³-hybridized carbons (Fsp3) is 0.909. The second-order valence-electron chi connectivity index (χ2n) is 5.43. The molecule has 0 spiro atoms. The van der Waals surface area contributed by atoms with Crippen molar-refractivity contribution in [3.05, 3.63) is 0 Å². The van der Waals surface area contributed by atoms with E-state index in [-0.39, 0.29) is 5.41 Å². The third-order valence-electron chi connectivity index (χ3n) is 4.59. The molecule has 6 atom stereocenters. The SMILES string of the molecule is CC1(C#N)CC2CC3C(I)C(C1)C23. The van der Waals surface area contributed by atoms with Crippen LogP contribution in [0.15, 0.2) is 0 Å². The summed E-state index contributed by atoms with van der Waals surface area (Å²) in [5, 5.41) is 9.15. The van der Waals surface area contributed by atoms with Gasteiger partial charge in [-0.25, -0.2) is 0 Å². The van der Waals surface area contributed by atoms with Crippen molar-refractivity contribution in [1.29, 1.82) is 5.26 Å². The lowest BCUT2D eigenvalue weighted by Gasteiger charge is -2.67. The van der Waals surface area contributed by atoms with E-state index in [1.807, 2.05) is 0 Å². The average molecular weight is 287 g/mol. The van der Waals surface area contributed by atoms with Crippen LogP contribution in [0.5, 0.6) is 0 Å². The number of rotatable bonds is 0. The molecule has 3 aliphatic carbocycles. The molecule has 70 valence electrons. The minimum absolute atomic E-state index is 0.0145.